The lowest BCUT2D eigenvalue weighted by Crippen LogP contribution is -2.08. The molecule has 3 heteroatoms. The van der Waals surface area contributed by atoms with Gasteiger partial charge in [-0.15, -0.1) is 0 Å². The molecule has 0 aliphatic carbocycles. The summed E-state index contributed by atoms with van der Waals surface area (Å²) in [4.78, 5) is 12.4. The lowest BCUT2D eigenvalue weighted by atomic mass is 10.0. The zero-order valence-electron chi connectivity index (χ0n) is 17.2. The molecule has 0 heterocycles. The van der Waals surface area contributed by atoms with Crippen molar-refractivity contribution >= 4 is 5.97 Å². The van der Waals surface area contributed by atoms with Crippen LogP contribution in [0.1, 0.15) is 48.5 Å². The average Bonchev–Trinajstić information content (AvgIpc) is 2.78. The van der Waals surface area contributed by atoms with Crippen LogP contribution in [0.5, 0.6) is 11.5 Å². The molecular formula is C26H28O3. The summed E-state index contributed by atoms with van der Waals surface area (Å²) in [7, 11) is 1.65. The second-order valence-electron chi connectivity index (χ2n) is 7.15. The number of rotatable bonds is 9. The van der Waals surface area contributed by atoms with Crippen molar-refractivity contribution < 1.29 is 14.3 Å². The minimum atomic E-state index is -0.345. The third-order valence-electron chi connectivity index (χ3n) is 5.00. The Morgan fingerprint density at radius 2 is 1.31 bits per heavy atom. The number of unbranched alkanes of at least 4 members (excludes halogenated alkanes) is 3. The SMILES string of the molecule is CCCCCCc1ccc(OC(=O)c2ccc(-c3ccc(OC)cc3)cc2)cc1. The molecule has 0 bridgehead atoms. The highest BCUT2D eigenvalue weighted by Crippen LogP contribution is 2.23. The summed E-state index contributed by atoms with van der Waals surface area (Å²) >= 11 is 0. The Balaban J connectivity index is 1.57. The Morgan fingerprint density at radius 1 is 0.724 bits per heavy atom. The van der Waals surface area contributed by atoms with Crippen LogP contribution in [-0.4, -0.2) is 13.1 Å². The van der Waals surface area contributed by atoms with Gasteiger partial charge in [0.1, 0.15) is 11.5 Å². The van der Waals surface area contributed by atoms with Crippen molar-refractivity contribution in [1.29, 1.82) is 0 Å². The molecule has 3 nitrogen and oxygen atoms in total. The zero-order chi connectivity index (χ0) is 20.5. The Bertz CT molecular complexity index is 894. The van der Waals surface area contributed by atoms with E-state index in [1.165, 1.54) is 31.2 Å². The largest absolute Gasteiger partial charge is 0.497 e. The topological polar surface area (TPSA) is 35.5 Å². The summed E-state index contributed by atoms with van der Waals surface area (Å²) in [6, 6.07) is 23.1. The van der Waals surface area contributed by atoms with E-state index in [1.807, 2.05) is 60.7 Å². The maximum absolute atomic E-state index is 12.4. The van der Waals surface area contributed by atoms with Crippen LogP contribution in [0.4, 0.5) is 0 Å². The number of aryl methyl sites for hydroxylation is 1. The first-order valence-corrected chi connectivity index (χ1v) is 10.2. The van der Waals surface area contributed by atoms with E-state index >= 15 is 0 Å². The second kappa shape index (κ2) is 10.5. The average molecular weight is 389 g/mol. The van der Waals surface area contributed by atoms with Gasteiger partial charge in [0.25, 0.3) is 0 Å². The van der Waals surface area contributed by atoms with E-state index in [-0.39, 0.29) is 5.97 Å². The normalized spacial score (nSPS) is 10.6. The van der Waals surface area contributed by atoms with Crippen molar-refractivity contribution in [2.45, 2.75) is 39.0 Å². The number of hydrogen-bond donors (Lipinski definition) is 0. The van der Waals surface area contributed by atoms with Crippen LogP contribution >= 0.6 is 0 Å². The monoisotopic (exact) mass is 388 g/mol. The highest BCUT2D eigenvalue weighted by molar-refractivity contribution is 5.91. The summed E-state index contributed by atoms with van der Waals surface area (Å²) in [6.45, 7) is 2.22. The smallest absolute Gasteiger partial charge is 0.343 e. The van der Waals surface area contributed by atoms with Gasteiger partial charge >= 0.3 is 5.97 Å². The first kappa shape index (κ1) is 20.7. The van der Waals surface area contributed by atoms with E-state index in [9.17, 15) is 4.79 Å². The molecule has 3 aromatic rings. The molecule has 0 amide bonds. The number of ether oxygens (including phenoxy) is 2. The van der Waals surface area contributed by atoms with Crippen molar-refractivity contribution in [1.82, 2.24) is 0 Å². The fourth-order valence-electron chi connectivity index (χ4n) is 3.23. The number of carbonyl (C=O) groups excluding carboxylic acids is 1. The molecule has 0 N–H and O–H groups in total. The summed E-state index contributed by atoms with van der Waals surface area (Å²) in [6.07, 6.45) is 6.07. The Labute approximate surface area is 173 Å². The number of hydrogen-bond acceptors (Lipinski definition) is 3. The van der Waals surface area contributed by atoms with E-state index in [4.69, 9.17) is 9.47 Å². The molecule has 0 aliphatic rings. The van der Waals surface area contributed by atoms with Crippen LogP contribution in [0.2, 0.25) is 0 Å². The molecule has 0 spiro atoms. The lowest BCUT2D eigenvalue weighted by Gasteiger charge is -2.07. The molecule has 0 saturated carbocycles. The maximum Gasteiger partial charge on any atom is 0.343 e. The van der Waals surface area contributed by atoms with Crippen LogP contribution in [0.15, 0.2) is 72.8 Å². The quantitative estimate of drug-likeness (QED) is 0.232. The standard InChI is InChI=1S/C26H28O3/c1-3-4-5-6-7-20-8-16-25(17-9-20)29-26(27)23-12-10-21(11-13-23)22-14-18-24(28-2)19-15-22/h8-19H,3-7H2,1-2H3. The lowest BCUT2D eigenvalue weighted by molar-refractivity contribution is 0.0734. The van der Waals surface area contributed by atoms with Gasteiger partial charge in [-0.3, -0.25) is 0 Å². The predicted octanol–water partition coefficient (Wildman–Crippen LogP) is 6.70. The van der Waals surface area contributed by atoms with E-state index in [1.54, 1.807) is 19.2 Å². The van der Waals surface area contributed by atoms with Crippen LogP contribution in [0.25, 0.3) is 11.1 Å². The summed E-state index contributed by atoms with van der Waals surface area (Å²) in [5, 5.41) is 0. The number of methoxy groups -OCH3 is 1. The molecule has 0 saturated heterocycles. The third-order valence-corrected chi connectivity index (χ3v) is 5.00. The highest BCUT2D eigenvalue weighted by atomic mass is 16.5. The molecule has 0 aliphatic heterocycles. The minimum absolute atomic E-state index is 0.345. The molecule has 0 aromatic heterocycles. The van der Waals surface area contributed by atoms with E-state index in [2.05, 4.69) is 6.92 Å². The minimum Gasteiger partial charge on any atom is -0.497 e. The molecular weight excluding hydrogens is 360 g/mol. The molecule has 0 unspecified atom stereocenters. The fraction of sp³-hybridized carbons (Fsp3) is 0.269. The van der Waals surface area contributed by atoms with Gasteiger partial charge in [0.2, 0.25) is 0 Å². The van der Waals surface area contributed by atoms with Gasteiger partial charge in [-0.05, 0) is 65.9 Å². The van der Waals surface area contributed by atoms with Crippen molar-refractivity contribution in [2.24, 2.45) is 0 Å². The van der Waals surface area contributed by atoms with Crippen LogP contribution < -0.4 is 9.47 Å². The first-order valence-electron chi connectivity index (χ1n) is 10.2. The fourth-order valence-corrected chi connectivity index (χ4v) is 3.23. The van der Waals surface area contributed by atoms with Gasteiger partial charge in [-0.25, -0.2) is 4.79 Å². The van der Waals surface area contributed by atoms with Gasteiger partial charge in [-0.2, -0.15) is 0 Å². The van der Waals surface area contributed by atoms with E-state index in [0.717, 1.165) is 23.3 Å². The second-order valence-corrected chi connectivity index (χ2v) is 7.15. The molecule has 0 atom stereocenters. The van der Waals surface area contributed by atoms with E-state index in [0.29, 0.717) is 11.3 Å². The molecule has 0 fully saturated rings. The van der Waals surface area contributed by atoms with Crippen LogP contribution in [0, 0.1) is 0 Å². The zero-order valence-corrected chi connectivity index (χ0v) is 17.2. The van der Waals surface area contributed by atoms with Gasteiger partial charge in [-0.1, -0.05) is 62.6 Å². The first-order chi connectivity index (χ1) is 14.2. The van der Waals surface area contributed by atoms with Crippen LogP contribution in [0.3, 0.4) is 0 Å². The van der Waals surface area contributed by atoms with Gasteiger partial charge < -0.3 is 9.47 Å². The summed E-state index contributed by atoms with van der Waals surface area (Å²) < 4.78 is 10.7. The summed E-state index contributed by atoms with van der Waals surface area (Å²) in [5.41, 5.74) is 3.92. The Kier molecular flexibility index (Phi) is 7.46. The molecule has 3 rings (SSSR count). The number of carbonyl (C=O) groups is 1. The Morgan fingerprint density at radius 3 is 1.90 bits per heavy atom. The molecule has 0 radical (unpaired) electrons. The molecule has 29 heavy (non-hydrogen) atoms. The van der Waals surface area contributed by atoms with E-state index < -0.39 is 0 Å². The highest BCUT2D eigenvalue weighted by Gasteiger charge is 2.09. The maximum atomic E-state index is 12.4. The molecule has 150 valence electrons. The van der Waals surface area contributed by atoms with Gasteiger partial charge in [0.15, 0.2) is 0 Å². The summed E-state index contributed by atoms with van der Waals surface area (Å²) in [5.74, 6) is 1.05. The Hall–Kier alpha value is -3.07. The van der Waals surface area contributed by atoms with Crippen molar-refractivity contribution in [2.75, 3.05) is 7.11 Å². The van der Waals surface area contributed by atoms with Gasteiger partial charge in [0, 0.05) is 0 Å². The predicted molar refractivity (Wildman–Crippen MR) is 118 cm³/mol. The van der Waals surface area contributed by atoms with Crippen molar-refractivity contribution in [3.05, 3.63) is 83.9 Å². The van der Waals surface area contributed by atoms with Crippen molar-refractivity contribution in [3.63, 3.8) is 0 Å². The number of benzene rings is 3. The van der Waals surface area contributed by atoms with Crippen LogP contribution in [-0.2, 0) is 6.42 Å². The van der Waals surface area contributed by atoms with Gasteiger partial charge in [0.05, 0.1) is 12.7 Å². The third kappa shape index (κ3) is 5.95. The van der Waals surface area contributed by atoms with Crippen molar-refractivity contribution in [3.8, 4) is 22.6 Å². The number of esters is 1. The molecule has 3 aromatic carbocycles.